The molecule has 0 aliphatic rings. The predicted molar refractivity (Wildman–Crippen MR) is 105 cm³/mol. The summed E-state index contributed by atoms with van der Waals surface area (Å²) >= 11 is 0. The maximum absolute atomic E-state index is 6.55. The van der Waals surface area contributed by atoms with Crippen molar-refractivity contribution in [2.24, 2.45) is 0 Å². The molecule has 134 valence electrons. The first-order chi connectivity index (χ1) is 11.5. The summed E-state index contributed by atoms with van der Waals surface area (Å²) in [6.07, 6.45) is 6.63. The Bertz CT molecular complexity index is 670. The molecule has 0 amide bonds. The Labute approximate surface area is 147 Å². The highest BCUT2D eigenvalue weighted by molar-refractivity contribution is 5.91. The number of anilines is 1. The lowest BCUT2D eigenvalue weighted by Crippen LogP contribution is -2.14. The minimum atomic E-state index is 0.959. The van der Waals surface area contributed by atoms with Gasteiger partial charge in [0.15, 0.2) is 0 Å². The summed E-state index contributed by atoms with van der Waals surface area (Å²) in [5.41, 5.74) is 12.3. The maximum Gasteiger partial charge on any atom is 0.142 e. The molecule has 0 atom stereocenters. The Morgan fingerprint density at radius 2 is 1.83 bits per heavy atom. The van der Waals surface area contributed by atoms with Crippen molar-refractivity contribution in [2.75, 3.05) is 26.4 Å². The highest BCUT2D eigenvalue weighted by atomic mass is 15.1. The number of hydrogen-bond donors (Lipinski definition) is 1. The molecule has 0 unspecified atom stereocenters. The second kappa shape index (κ2) is 8.52. The van der Waals surface area contributed by atoms with Gasteiger partial charge in [-0.1, -0.05) is 26.7 Å². The van der Waals surface area contributed by atoms with Crippen LogP contribution in [-0.2, 0) is 19.4 Å². The van der Waals surface area contributed by atoms with Gasteiger partial charge in [0.25, 0.3) is 0 Å². The van der Waals surface area contributed by atoms with E-state index in [4.69, 9.17) is 10.7 Å². The van der Waals surface area contributed by atoms with E-state index in [9.17, 15) is 0 Å². The molecule has 0 aliphatic heterocycles. The van der Waals surface area contributed by atoms with Gasteiger partial charge in [-0.15, -0.1) is 0 Å². The molecule has 2 heterocycles. The van der Waals surface area contributed by atoms with Crippen molar-refractivity contribution in [2.45, 2.75) is 65.8 Å². The summed E-state index contributed by atoms with van der Waals surface area (Å²) in [6, 6.07) is 2.22. The number of pyridine rings is 1. The maximum atomic E-state index is 6.55. The van der Waals surface area contributed by atoms with E-state index in [-0.39, 0.29) is 0 Å². The molecular weight excluding hydrogens is 296 g/mol. The van der Waals surface area contributed by atoms with Gasteiger partial charge in [-0.2, -0.15) is 0 Å². The largest absolute Gasteiger partial charge is 0.398 e. The van der Waals surface area contributed by atoms with Crippen molar-refractivity contribution >= 4 is 16.7 Å². The zero-order valence-electron chi connectivity index (χ0n) is 16.2. The number of unbranched alkanes of at least 4 members (excludes halogenated alkanes) is 1. The molecule has 24 heavy (non-hydrogen) atoms. The molecule has 0 fully saturated rings. The van der Waals surface area contributed by atoms with Crippen LogP contribution in [0.25, 0.3) is 11.0 Å². The fourth-order valence-corrected chi connectivity index (χ4v) is 3.45. The van der Waals surface area contributed by atoms with Gasteiger partial charge in [0.1, 0.15) is 5.65 Å². The Morgan fingerprint density at radius 3 is 2.46 bits per heavy atom. The lowest BCUT2D eigenvalue weighted by atomic mass is 10.0. The molecule has 4 nitrogen and oxygen atoms in total. The van der Waals surface area contributed by atoms with Gasteiger partial charge >= 0.3 is 0 Å². The molecule has 0 radical (unpaired) electrons. The molecule has 0 aromatic carbocycles. The van der Waals surface area contributed by atoms with Gasteiger partial charge < -0.3 is 15.2 Å². The van der Waals surface area contributed by atoms with Crippen molar-refractivity contribution in [3.63, 3.8) is 0 Å². The van der Waals surface area contributed by atoms with Crippen LogP contribution in [0.2, 0.25) is 0 Å². The van der Waals surface area contributed by atoms with Crippen LogP contribution < -0.4 is 5.73 Å². The van der Waals surface area contributed by atoms with Crippen molar-refractivity contribution in [3.8, 4) is 0 Å². The Morgan fingerprint density at radius 1 is 1.12 bits per heavy atom. The number of hydrogen-bond acceptors (Lipinski definition) is 3. The van der Waals surface area contributed by atoms with E-state index >= 15 is 0 Å². The molecule has 2 aromatic rings. The summed E-state index contributed by atoms with van der Waals surface area (Å²) in [4.78, 5) is 7.29. The van der Waals surface area contributed by atoms with Gasteiger partial charge in [-0.3, -0.25) is 0 Å². The minimum Gasteiger partial charge on any atom is -0.398 e. The molecule has 0 saturated heterocycles. The number of aryl methyl sites for hydroxylation is 3. The van der Waals surface area contributed by atoms with Crippen molar-refractivity contribution in [1.82, 2.24) is 14.5 Å². The fourth-order valence-electron chi connectivity index (χ4n) is 3.45. The average Bonchev–Trinajstić information content (AvgIpc) is 2.84. The highest BCUT2D eigenvalue weighted by Gasteiger charge is 2.16. The quantitative estimate of drug-likeness (QED) is 0.702. The lowest BCUT2D eigenvalue weighted by molar-refractivity contribution is 0.388. The molecule has 0 bridgehead atoms. The van der Waals surface area contributed by atoms with Crippen LogP contribution in [0.1, 0.15) is 56.5 Å². The van der Waals surface area contributed by atoms with Gasteiger partial charge in [0.05, 0.1) is 0 Å². The van der Waals surface area contributed by atoms with E-state index in [2.05, 4.69) is 50.4 Å². The van der Waals surface area contributed by atoms with Crippen LogP contribution in [0.5, 0.6) is 0 Å². The first-order valence-electron chi connectivity index (χ1n) is 9.41. The molecule has 2 rings (SSSR count). The summed E-state index contributed by atoms with van der Waals surface area (Å²) in [7, 11) is 4.26. The summed E-state index contributed by atoms with van der Waals surface area (Å²) in [5.74, 6) is 0. The highest BCUT2D eigenvalue weighted by Crippen LogP contribution is 2.30. The smallest absolute Gasteiger partial charge is 0.142 e. The third-order valence-electron chi connectivity index (χ3n) is 4.70. The number of nitrogens with zero attached hydrogens (tertiary/aromatic N) is 3. The van der Waals surface area contributed by atoms with Crippen LogP contribution in [-0.4, -0.2) is 35.1 Å². The molecule has 2 N–H and O–H groups in total. The van der Waals surface area contributed by atoms with Gasteiger partial charge in [0, 0.05) is 29.0 Å². The SMILES string of the molecule is CCCc1nc2c(cc(C)n2CCCCN(C)C)c(N)c1CCC. The second-order valence-corrected chi connectivity index (χ2v) is 7.14. The number of aromatic nitrogens is 2. The molecule has 0 spiro atoms. The molecule has 2 aromatic heterocycles. The van der Waals surface area contributed by atoms with Crippen LogP contribution >= 0.6 is 0 Å². The molecule has 0 saturated carbocycles. The molecule has 0 aliphatic carbocycles. The lowest BCUT2D eigenvalue weighted by Gasteiger charge is -2.14. The van der Waals surface area contributed by atoms with Crippen LogP contribution in [0.15, 0.2) is 6.07 Å². The summed E-state index contributed by atoms with van der Waals surface area (Å²) < 4.78 is 2.36. The number of nitrogen functional groups attached to an aromatic ring is 1. The summed E-state index contributed by atoms with van der Waals surface area (Å²) in [5, 5.41) is 1.14. The number of fused-ring (bicyclic) bond motifs is 1. The van der Waals surface area contributed by atoms with Crippen molar-refractivity contribution < 1.29 is 0 Å². The Hall–Kier alpha value is -1.55. The zero-order chi connectivity index (χ0) is 17.7. The van der Waals surface area contributed by atoms with Gasteiger partial charge in [0.2, 0.25) is 0 Å². The van der Waals surface area contributed by atoms with E-state index in [1.807, 2.05) is 0 Å². The number of rotatable bonds is 9. The standard InChI is InChI=1S/C20H34N4/c1-6-10-16-18(11-7-2)22-20-17(19(16)21)14-15(3)24(20)13-9-8-12-23(4)5/h14H,6-13H2,1-5H3,(H2,21,22). The third-order valence-corrected chi connectivity index (χ3v) is 4.70. The van der Waals surface area contributed by atoms with Crippen LogP contribution in [0.4, 0.5) is 5.69 Å². The molecular formula is C20H34N4. The van der Waals surface area contributed by atoms with Crippen LogP contribution in [0, 0.1) is 6.92 Å². The van der Waals surface area contributed by atoms with Gasteiger partial charge in [-0.05, 0) is 64.9 Å². The molecule has 4 heteroatoms. The van der Waals surface area contributed by atoms with E-state index in [1.165, 1.54) is 29.8 Å². The van der Waals surface area contributed by atoms with E-state index in [0.29, 0.717) is 0 Å². The monoisotopic (exact) mass is 330 g/mol. The van der Waals surface area contributed by atoms with Crippen molar-refractivity contribution in [3.05, 3.63) is 23.0 Å². The average molecular weight is 331 g/mol. The second-order valence-electron chi connectivity index (χ2n) is 7.14. The minimum absolute atomic E-state index is 0.959. The third kappa shape index (κ3) is 4.10. The topological polar surface area (TPSA) is 47.1 Å². The first kappa shape index (κ1) is 18.8. The zero-order valence-corrected chi connectivity index (χ0v) is 16.2. The Balaban J connectivity index is 2.37. The Kier molecular flexibility index (Phi) is 6.67. The van der Waals surface area contributed by atoms with Gasteiger partial charge in [-0.25, -0.2) is 4.98 Å². The van der Waals surface area contributed by atoms with Crippen molar-refractivity contribution in [1.29, 1.82) is 0 Å². The fraction of sp³-hybridized carbons (Fsp3) is 0.650. The van der Waals surface area contributed by atoms with E-state index in [1.54, 1.807) is 0 Å². The van der Waals surface area contributed by atoms with Crippen LogP contribution in [0.3, 0.4) is 0 Å². The summed E-state index contributed by atoms with van der Waals surface area (Å²) in [6.45, 7) is 8.75. The normalized spacial score (nSPS) is 11.8. The van der Waals surface area contributed by atoms with E-state index in [0.717, 1.165) is 55.5 Å². The predicted octanol–water partition coefficient (Wildman–Crippen LogP) is 4.17. The van der Waals surface area contributed by atoms with E-state index < -0.39 is 0 Å². The first-order valence-corrected chi connectivity index (χ1v) is 9.41. The number of nitrogens with two attached hydrogens (primary N) is 1.